The molecule has 0 saturated carbocycles. The van der Waals surface area contributed by atoms with Gasteiger partial charge in [-0.3, -0.25) is 4.79 Å². The van der Waals surface area contributed by atoms with Gasteiger partial charge < -0.3 is 9.84 Å². The van der Waals surface area contributed by atoms with E-state index in [-0.39, 0.29) is 11.8 Å². The van der Waals surface area contributed by atoms with Crippen molar-refractivity contribution in [2.75, 3.05) is 25.9 Å². The van der Waals surface area contributed by atoms with Crippen molar-refractivity contribution in [1.29, 1.82) is 0 Å². The zero-order valence-corrected chi connectivity index (χ0v) is 16.4. The largest absolute Gasteiger partial charge is 0.351 e. The van der Waals surface area contributed by atoms with Gasteiger partial charge in [-0.15, -0.1) is 11.3 Å². The minimum Gasteiger partial charge on any atom is -0.351 e. The molecule has 1 aliphatic rings. The minimum atomic E-state index is -3.14. The Morgan fingerprint density at radius 1 is 1.38 bits per heavy atom. The third kappa shape index (κ3) is 4.68. The smallest absolute Gasteiger partial charge is 0.261 e. The number of amides is 1. The molecule has 1 amide bonds. The van der Waals surface area contributed by atoms with Gasteiger partial charge in [0, 0.05) is 36.9 Å². The Kier molecular flexibility index (Phi) is 5.73. The number of carbonyl (C=O) groups excluding carboxylic acids is 1. The number of thiophene rings is 1. The predicted octanol–water partition coefficient (Wildman–Crippen LogP) is 1.55. The summed E-state index contributed by atoms with van der Waals surface area (Å²) in [4.78, 5) is 18.2. The summed E-state index contributed by atoms with van der Waals surface area (Å²) in [5.41, 5.74) is 0. The molecule has 26 heavy (non-hydrogen) atoms. The van der Waals surface area contributed by atoms with E-state index in [2.05, 4.69) is 15.5 Å². The van der Waals surface area contributed by atoms with Gasteiger partial charge >= 0.3 is 0 Å². The number of hydrogen-bond acceptors (Lipinski definition) is 7. The summed E-state index contributed by atoms with van der Waals surface area (Å²) in [6.45, 7) is 3.33. The highest BCUT2D eigenvalue weighted by molar-refractivity contribution is 7.88. The molecule has 2 aromatic heterocycles. The zero-order chi connectivity index (χ0) is 18.7. The monoisotopic (exact) mass is 398 g/mol. The van der Waals surface area contributed by atoms with Gasteiger partial charge in [-0.05, 0) is 31.9 Å². The van der Waals surface area contributed by atoms with Gasteiger partial charge in [-0.2, -0.15) is 4.98 Å². The van der Waals surface area contributed by atoms with Crippen LogP contribution in [-0.4, -0.2) is 54.7 Å². The SMILES string of the molecule is Cc1ccc(C(=O)NCCc2nc(C3CCN(S(C)(=O)=O)CC3)no2)s1. The Hall–Kier alpha value is -1.78. The number of sulfonamides is 1. The molecular weight excluding hydrogens is 376 g/mol. The van der Waals surface area contributed by atoms with E-state index >= 15 is 0 Å². The van der Waals surface area contributed by atoms with Crippen molar-refractivity contribution in [3.63, 3.8) is 0 Å². The molecule has 8 nitrogen and oxygen atoms in total. The van der Waals surface area contributed by atoms with E-state index < -0.39 is 10.0 Å². The number of nitrogens with zero attached hydrogens (tertiary/aromatic N) is 3. The molecule has 0 spiro atoms. The highest BCUT2D eigenvalue weighted by Crippen LogP contribution is 2.27. The van der Waals surface area contributed by atoms with Gasteiger partial charge in [0.2, 0.25) is 15.9 Å². The van der Waals surface area contributed by atoms with Crippen LogP contribution in [0.4, 0.5) is 0 Å². The summed E-state index contributed by atoms with van der Waals surface area (Å²) in [7, 11) is -3.14. The molecule has 2 aromatic rings. The molecule has 0 bridgehead atoms. The lowest BCUT2D eigenvalue weighted by Gasteiger charge is -2.28. The van der Waals surface area contributed by atoms with Gasteiger partial charge in [-0.1, -0.05) is 5.16 Å². The first kappa shape index (κ1) is 19.0. The van der Waals surface area contributed by atoms with Crippen LogP contribution in [0.1, 0.15) is 45.0 Å². The van der Waals surface area contributed by atoms with Gasteiger partial charge in [0.1, 0.15) is 0 Å². The van der Waals surface area contributed by atoms with E-state index in [0.717, 1.165) is 4.88 Å². The Bertz CT molecular complexity index is 866. The van der Waals surface area contributed by atoms with Crippen LogP contribution < -0.4 is 5.32 Å². The number of aryl methyl sites for hydroxylation is 1. The Morgan fingerprint density at radius 3 is 2.73 bits per heavy atom. The van der Waals surface area contributed by atoms with Crippen LogP contribution in [-0.2, 0) is 16.4 Å². The van der Waals surface area contributed by atoms with E-state index in [1.165, 1.54) is 21.9 Å². The van der Waals surface area contributed by atoms with Crippen LogP contribution >= 0.6 is 11.3 Å². The van der Waals surface area contributed by atoms with Gasteiger partial charge in [0.15, 0.2) is 5.82 Å². The van der Waals surface area contributed by atoms with E-state index in [1.807, 2.05) is 19.1 Å². The molecule has 1 aliphatic heterocycles. The lowest BCUT2D eigenvalue weighted by atomic mass is 9.97. The van der Waals surface area contributed by atoms with Crippen LogP contribution in [0.3, 0.4) is 0 Å². The maximum atomic E-state index is 12.0. The van der Waals surface area contributed by atoms with Crippen LogP contribution in [0.2, 0.25) is 0 Å². The van der Waals surface area contributed by atoms with E-state index in [4.69, 9.17) is 4.52 Å². The van der Waals surface area contributed by atoms with E-state index in [1.54, 1.807) is 0 Å². The van der Waals surface area contributed by atoms with Crippen LogP contribution in [0.25, 0.3) is 0 Å². The molecule has 0 atom stereocenters. The van der Waals surface area contributed by atoms with Crippen molar-refractivity contribution >= 4 is 27.3 Å². The van der Waals surface area contributed by atoms with Crippen molar-refractivity contribution in [2.24, 2.45) is 0 Å². The fourth-order valence-electron chi connectivity index (χ4n) is 2.91. The molecule has 10 heteroatoms. The lowest BCUT2D eigenvalue weighted by Crippen LogP contribution is -2.37. The summed E-state index contributed by atoms with van der Waals surface area (Å²) in [5, 5.41) is 6.86. The molecule has 142 valence electrons. The molecule has 3 heterocycles. The first-order valence-electron chi connectivity index (χ1n) is 8.45. The maximum absolute atomic E-state index is 12.0. The van der Waals surface area contributed by atoms with Crippen molar-refractivity contribution in [1.82, 2.24) is 19.8 Å². The van der Waals surface area contributed by atoms with Gasteiger partial charge in [0.25, 0.3) is 5.91 Å². The Balaban J connectivity index is 1.47. The fraction of sp³-hybridized carbons (Fsp3) is 0.562. The van der Waals surface area contributed by atoms with Crippen molar-refractivity contribution < 1.29 is 17.7 Å². The van der Waals surface area contributed by atoms with Crippen molar-refractivity contribution in [2.45, 2.75) is 32.1 Å². The second-order valence-electron chi connectivity index (χ2n) is 6.40. The zero-order valence-electron chi connectivity index (χ0n) is 14.8. The normalized spacial score (nSPS) is 16.7. The summed E-state index contributed by atoms with van der Waals surface area (Å²) < 4.78 is 29.8. The molecule has 1 fully saturated rings. The number of nitrogens with one attached hydrogen (secondary N) is 1. The number of piperidine rings is 1. The molecule has 1 N–H and O–H groups in total. The molecule has 0 radical (unpaired) electrons. The number of hydrogen-bond donors (Lipinski definition) is 1. The molecular formula is C16H22N4O4S2. The second kappa shape index (κ2) is 7.85. The molecule has 0 aromatic carbocycles. The number of carbonyl (C=O) groups is 1. The molecule has 0 aliphatic carbocycles. The first-order valence-corrected chi connectivity index (χ1v) is 11.1. The standard InChI is InChI=1S/C16H22N4O4S2/c1-11-3-4-13(25-11)16(21)17-8-5-14-18-15(19-24-14)12-6-9-20(10-7-12)26(2,22)23/h3-4,12H,5-10H2,1-2H3,(H,17,21). The Labute approximate surface area is 156 Å². The van der Waals surface area contributed by atoms with Crippen LogP contribution in [0, 0.1) is 6.92 Å². The summed E-state index contributed by atoms with van der Waals surface area (Å²) in [6.07, 6.45) is 3.05. The quantitative estimate of drug-likeness (QED) is 0.791. The summed E-state index contributed by atoms with van der Waals surface area (Å²) >= 11 is 1.46. The third-order valence-corrected chi connectivity index (χ3v) is 6.66. The fourth-order valence-corrected chi connectivity index (χ4v) is 4.57. The molecule has 0 unspecified atom stereocenters. The van der Waals surface area contributed by atoms with Crippen LogP contribution in [0.15, 0.2) is 16.7 Å². The van der Waals surface area contributed by atoms with Crippen LogP contribution in [0.5, 0.6) is 0 Å². The van der Waals surface area contributed by atoms with E-state index in [0.29, 0.717) is 55.5 Å². The minimum absolute atomic E-state index is 0.101. The summed E-state index contributed by atoms with van der Waals surface area (Å²) in [6, 6.07) is 3.72. The van der Waals surface area contributed by atoms with Crippen molar-refractivity contribution in [3.8, 4) is 0 Å². The van der Waals surface area contributed by atoms with E-state index in [9.17, 15) is 13.2 Å². The second-order valence-corrected chi connectivity index (χ2v) is 9.67. The number of rotatable bonds is 6. The first-order chi connectivity index (χ1) is 12.3. The third-order valence-electron chi connectivity index (χ3n) is 4.36. The molecule has 1 saturated heterocycles. The van der Waals surface area contributed by atoms with Crippen molar-refractivity contribution in [3.05, 3.63) is 33.6 Å². The average Bonchev–Trinajstić information content (AvgIpc) is 3.23. The topological polar surface area (TPSA) is 105 Å². The highest BCUT2D eigenvalue weighted by atomic mass is 32.2. The highest BCUT2D eigenvalue weighted by Gasteiger charge is 2.28. The van der Waals surface area contributed by atoms with Gasteiger partial charge in [0.05, 0.1) is 11.1 Å². The predicted molar refractivity (Wildman–Crippen MR) is 97.8 cm³/mol. The summed E-state index contributed by atoms with van der Waals surface area (Å²) in [5.74, 6) is 1.10. The Morgan fingerprint density at radius 2 is 2.12 bits per heavy atom. The number of aromatic nitrogens is 2. The van der Waals surface area contributed by atoms with Gasteiger partial charge in [-0.25, -0.2) is 12.7 Å². The lowest BCUT2D eigenvalue weighted by molar-refractivity contribution is 0.0957. The average molecular weight is 399 g/mol. The maximum Gasteiger partial charge on any atom is 0.261 e. The molecule has 3 rings (SSSR count).